The van der Waals surface area contributed by atoms with Crippen LogP contribution in [0.2, 0.25) is 0 Å². The quantitative estimate of drug-likeness (QED) is 0.565. The van der Waals surface area contributed by atoms with Gasteiger partial charge in [0.25, 0.3) is 0 Å². The normalized spacial score (nSPS) is 13.5. The highest BCUT2D eigenvalue weighted by Crippen LogP contribution is 2.29. The van der Waals surface area contributed by atoms with Gasteiger partial charge in [-0.15, -0.1) is 0 Å². The number of ether oxygens (including phenoxy) is 1. The van der Waals surface area contributed by atoms with Crippen molar-refractivity contribution in [1.82, 2.24) is 25.1 Å². The number of nitrogens with zero attached hydrogens (tertiary/aromatic N) is 4. The molecular formula is C16H16N6OS. The van der Waals surface area contributed by atoms with Gasteiger partial charge in [-0.05, 0) is 43.6 Å². The van der Waals surface area contributed by atoms with Crippen LogP contribution in [-0.4, -0.2) is 38.4 Å². The van der Waals surface area contributed by atoms with Gasteiger partial charge < -0.3 is 4.74 Å². The Balaban J connectivity index is 1.75. The number of nitrogens with one attached hydrogen (secondary N) is 2. The fraction of sp³-hybridized carbons (Fsp3) is 0.250. The number of hydrogen-bond acceptors (Lipinski definition) is 5. The number of fused-ring (bicyclic) bond motifs is 1. The lowest BCUT2D eigenvalue weighted by atomic mass is 10.2. The maximum absolute atomic E-state index is 5.34. The molecule has 0 unspecified atom stereocenters. The number of aromatic amines is 2. The van der Waals surface area contributed by atoms with E-state index in [1.165, 1.54) is 11.3 Å². The zero-order chi connectivity index (χ0) is 16.5. The minimum absolute atomic E-state index is 0.422. The summed E-state index contributed by atoms with van der Waals surface area (Å²) in [6.45, 7) is 0. The molecule has 0 saturated heterocycles. The van der Waals surface area contributed by atoms with Crippen LogP contribution < -0.4 is 4.74 Å². The zero-order valence-corrected chi connectivity index (χ0v) is 13.9. The summed E-state index contributed by atoms with van der Waals surface area (Å²) < 4.78 is 7.36. The molecule has 0 radical (unpaired) electrons. The van der Waals surface area contributed by atoms with E-state index < -0.39 is 0 Å². The summed E-state index contributed by atoms with van der Waals surface area (Å²) >= 11 is 5.31. The van der Waals surface area contributed by atoms with E-state index in [1.807, 2.05) is 24.3 Å². The molecule has 1 aliphatic rings. The lowest BCUT2D eigenvalue weighted by molar-refractivity contribution is 0.414. The van der Waals surface area contributed by atoms with Gasteiger partial charge in [-0.1, -0.05) is 12.1 Å². The van der Waals surface area contributed by atoms with E-state index in [4.69, 9.17) is 17.0 Å². The molecule has 0 amide bonds. The van der Waals surface area contributed by atoms with Crippen molar-refractivity contribution in [3.05, 3.63) is 45.9 Å². The summed E-state index contributed by atoms with van der Waals surface area (Å²) in [6.07, 6.45) is 4.86. The van der Waals surface area contributed by atoms with Gasteiger partial charge in [-0.3, -0.25) is 5.10 Å². The maximum atomic E-state index is 5.34. The van der Waals surface area contributed by atoms with Crippen molar-refractivity contribution in [1.29, 1.82) is 0 Å². The summed E-state index contributed by atoms with van der Waals surface area (Å²) in [7, 11) is 1.63. The Morgan fingerprint density at radius 3 is 3.00 bits per heavy atom. The minimum atomic E-state index is 0.422. The average molecular weight is 340 g/mol. The van der Waals surface area contributed by atoms with E-state index in [-0.39, 0.29) is 0 Å². The minimum Gasteiger partial charge on any atom is -0.496 e. The van der Waals surface area contributed by atoms with Crippen LogP contribution in [0.1, 0.15) is 23.2 Å². The van der Waals surface area contributed by atoms with Crippen molar-refractivity contribution < 1.29 is 4.74 Å². The summed E-state index contributed by atoms with van der Waals surface area (Å²) in [5.74, 6) is 1.36. The van der Waals surface area contributed by atoms with E-state index >= 15 is 0 Å². The Hall–Kier alpha value is -2.74. The average Bonchev–Trinajstić information content (AvgIpc) is 3.29. The second-order valence-corrected chi connectivity index (χ2v) is 5.92. The van der Waals surface area contributed by atoms with Crippen molar-refractivity contribution in [3.8, 4) is 17.3 Å². The topological polar surface area (TPSA) is 83.9 Å². The molecule has 4 rings (SSSR count). The standard InChI is InChI=1S/C16H16N6OS/c1-23-13-8-3-2-5-10(13)9-17-22-15(20-21-16(22)24)14-11-6-4-7-12(11)18-19-14/h2-3,5,8-9H,4,6-7H2,1H3,(H,18,19)(H,21,24)/b17-9-. The van der Waals surface area contributed by atoms with Crippen molar-refractivity contribution in [2.24, 2.45) is 5.10 Å². The van der Waals surface area contributed by atoms with Crippen LogP contribution in [0.4, 0.5) is 0 Å². The Morgan fingerprint density at radius 2 is 2.12 bits per heavy atom. The van der Waals surface area contributed by atoms with E-state index in [0.717, 1.165) is 36.3 Å². The third-order valence-corrected chi connectivity index (χ3v) is 4.38. The van der Waals surface area contributed by atoms with Gasteiger partial charge in [0, 0.05) is 16.8 Å². The third-order valence-electron chi connectivity index (χ3n) is 4.12. The second-order valence-electron chi connectivity index (χ2n) is 5.53. The largest absolute Gasteiger partial charge is 0.496 e. The number of methoxy groups -OCH3 is 1. The van der Waals surface area contributed by atoms with Gasteiger partial charge >= 0.3 is 0 Å². The van der Waals surface area contributed by atoms with Crippen molar-refractivity contribution in [2.75, 3.05) is 7.11 Å². The van der Waals surface area contributed by atoms with Crippen molar-refractivity contribution >= 4 is 18.4 Å². The van der Waals surface area contributed by atoms with Crippen LogP contribution in [0.15, 0.2) is 29.4 Å². The first-order chi connectivity index (χ1) is 11.8. The molecule has 0 bridgehead atoms. The Bertz CT molecular complexity index is 967. The van der Waals surface area contributed by atoms with Crippen molar-refractivity contribution in [3.63, 3.8) is 0 Å². The number of hydrogen-bond donors (Lipinski definition) is 2. The molecule has 3 aromatic rings. The first kappa shape index (κ1) is 14.8. The Labute approximate surface area is 143 Å². The van der Waals surface area contributed by atoms with E-state index in [0.29, 0.717) is 10.6 Å². The smallest absolute Gasteiger partial charge is 0.216 e. The number of aryl methyl sites for hydroxylation is 1. The summed E-state index contributed by atoms with van der Waals surface area (Å²) in [6, 6.07) is 7.66. The summed E-state index contributed by atoms with van der Waals surface area (Å²) in [5, 5.41) is 19.1. The number of para-hydroxylation sites is 1. The highest BCUT2D eigenvalue weighted by molar-refractivity contribution is 7.71. The molecule has 24 heavy (non-hydrogen) atoms. The predicted molar refractivity (Wildman–Crippen MR) is 93.0 cm³/mol. The number of benzene rings is 1. The molecule has 2 aromatic heterocycles. The fourth-order valence-corrected chi connectivity index (χ4v) is 3.13. The highest BCUT2D eigenvalue weighted by atomic mass is 32.1. The molecule has 0 atom stereocenters. The molecule has 2 heterocycles. The first-order valence-electron chi connectivity index (χ1n) is 7.69. The molecule has 122 valence electrons. The molecule has 1 aromatic carbocycles. The lowest BCUT2D eigenvalue weighted by Gasteiger charge is -2.03. The van der Waals surface area contributed by atoms with Gasteiger partial charge in [0.1, 0.15) is 11.4 Å². The molecule has 0 spiro atoms. The molecule has 0 aliphatic heterocycles. The molecule has 0 fully saturated rings. The Kier molecular flexibility index (Phi) is 3.73. The fourth-order valence-electron chi connectivity index (χ4n) is 2.95. The molecular weight excluding hydrogens is 324 g/mol. The van der Waals surface area contributed by atoms with Crippen LogP contribution in [0.25, 0.3) is 11.5 Å². The van der Waals surface area contributed by atoms with Crippen LogP contribution >= 0.6 is 12.2 Å². The van der Waals surface area contributed by atoms with Crippen LogP contribution in [0.5, 0.6) is 5.75 Å². The van der Waals surface area contributed by atoms with Gasteiger partial charge in [0.15, 0.2) is 0 Å². The van der Waals surface area contributed by atoms with Crippen LogP contribution in [-0.2, 0) is 12.8 Å². The maximum Gasteiger partial charge on any atom is 0.216 e. The zero-order valence-electron chi connectivity index (χ0n) is 13.1. The van der Waals surface area contributed by atoms with E-state index in [2.05, 4.69) is 25.5 Å². The molecule has 0 saturated carbocycles. The molecule has 8 heteroatoms. The first-order valence-corrected chi connectivity index (χ1v) is 8.10. The van der Waals surface area contributed by atoms with Crippen LogP contribution in [0, 0.1) is 4.77 Å². The van der Waals surface area contributed by atoms with E-state index in [1.54, 1.807) is 18.0 Å². The van der Waals surface area contributed by atoms with E-state index in [9.17, 15) is 0 Å². The molecule has 1 aliphatic carbocycles. The summed E-state index contributed by atoms with van der Waals surface area (Å²) in [5.41, 5.74) is 4.06. The van der Waals surface area contributed by atoms with Gasteiger partial charge in [-0.25, -0.2) is 5.10 Å². The lowest BCUT2D eigenvalue weighted by Crippen LogP contribution is -1.98. The van der Waals surface area contributed by atoms with Crippen molar-refractivity contribution in [2.45, 2.75) is 19.3 Å². The number of rotatable bonds is 4. The van der Waals surface area contributed by atoms with Gasteiger partial charge in [-0.2, -0.15) is 20.0 Å². The Morgan fingerprint density at radius 1 is 1.25 bits per heavy atom. The number of aromatic nitrogens is 5. The van der Waals surface area contributed by atoms with Gasteiger partial charge in [0.2, 0.25) is 10.6 Å². The molecule has 7 nitrogen and oxygen atoms in total. The SMILES string of the molecule is COc1ccccc1/C=N\n1c(-c2n[nH]c3c2CCC3)n[nH]c1=S. The summed E-state index contributed by atoms with van der Waals surface area (Å²) in [4.78, 5) is 0. The third kappa shape index (κ3) is 2.44. The molecule has 2 N–H and O–H groups in total. The highest BCUT2D eigenvalue weighted by Gasteiger charge is 2.23. The number of H-pyrrole nitrogens is 2. The predicted octanol–water partition coefficient (Wildman–Crippen LogP) is 2.71. The second kappa shape index (κ2) is 6.04. The van der Waals surface area contributed by atoms with Crippen LogP contribution in [0.3, 0.4) is 0 Å². The monoisotopic (exact) mass is 340 g/mol. The van der Waals surface area contributed by atoms with Gasteiger partial charge in [0.05, 0.1) is 13.3 Å².